The molecule has 0 radical (unpaired) electrons. The molecule has 2 aromatic rings. The standard InChI is InChI=1S/C18H19NO2/c20-18(19-15-8-9-16(19)12-21-11-15)10-14-6-3-5-13-4-1-2-7-17(13)14/h1-7,15-16H,8-12H2/t15-,16+. The molecular weight excluding hydrogens is 262 g/mol. The van der Waals surface area contributed by atoms with Gasteiger partial charge in [0.15, 0.2) is 0 Å². The molecule has 0 aromatic heterocycles. The van der Waals surface area contributed by atoms with Crippen LogP contribution in [0.4, 0.5) is 0 Å². The van der Waals surface area contributed by atoms with E-state index in [-0.39, 0.29) is 5.91 Å². The van der Waals surface area contributed by atoms with E-state index in [2.05, 4.69) is 29.2 Å². The summed E-state index contributed by atoms with van der Waals surface area (Å²) in [5, 5.41) is 2.39. The summed E-state index contributed by atoms with van der Waals surface area (Å²) in [7, 11) is 0. The maximum Gasteiger partial charge on any atom is 0.227 e. The Kier molecular flexibility index (Phi) is 3.15. The maximum absolute atomic E-state index is 12.7. The van der Waals surface area contributed by atoms with Gasteiger partial charge in [-0.15, -0.1) is 0 Å². The summed E-state index contributed by atoms with van der Waals surface area (Å²) < 4.78 is 5.56. The van der Waals surface area contributed by atoms with Crippen molar-refractivity contribution in [3.63, 3.8) is 0 Å². The van der Waals surface area contributed by atoms with Gasteiger partial charge in [-0.25, -0.2) is 0 Å². The molecule has 0 spiro atoms. The quantitative estimate of drug-likeness (QED) is 0.847. The Labute approximate surface area is 124 Å². The first-order chi connectivity index (χ1) is 10.3. The van der Waals surface area contributed by atoms with Gasteiger partial charge in [-0.3, -0.25) is 4.79 Å². The van der Waals surface area contributed by atoms with E-state index in [1.165, 1.54) is 10.8 Å². The normalized spacial score (nSPS) is 24.5. The minimum atomic E-state index is 0.252. The predicted octanol–water partition coefficient (Wildman–Crippen LogP) is 2.77. The van der Waals surface area contributed by atoms with E-state index < -0.39 is 0 Å². The molecule has 2 aliphatic rings. The van der Waals surface area contributed by atoms with E-state index in [9.17, 15) is 4.79 Å². The van der Waals surface area contributed by atoms with Gasteiger partial charge in [0.25, 0.3) is 0 Å². The van der Waals surface area contributed by atoms with Crippen LogP contribution in [0.5, 0.6) is 0 Å². The lowest BCUT2D eigenvalue weighted by Gasteiger charge is -2.34. The fourth-order valence-corrected chi connectivity index (χ4v) is 3.74. The van der Waals surface area contributed by atoms with Crippen molar-refractivity contribution in [2.45, 2.75) is 31.3 Å². The molecule has 21 heavy (non-hydrogen) atoms. The molecule has 0 aliphatic carbocycles. The summed E-state index contributed by atoms with van der Waals surface area (Å²) in [6.45, 7) is 1.41. The molecule has 2 aliphatic heterocycles. The highest BCUT2D eigenvalue weighted by atomic mass is 16.5. The van der Waals surface area contributed by atoms with Gasteiger partial charge < -0.3 is 9.64 Å². The third-order valence-corrected chi connectivity index (χ3v) is 4.75. The van der Waals surface area contributed by atoms with Gasteiger partial charge in [-0.2, -0.15) is 0 Å². The van der Waals surface area contributed by atoms with Crippen LogP contribution in [0.1, 0.15) is 18.4 Å². The topological polar surface area (TPSA) is 29.5 Å². The van der Waals surface area contributed by atoms with Crippen LogP contribution in [-0.4, -0.2) is 36.1 Å². The van der Waals surface area contributed by atoms with Gasteiger partial charge >= 0.3 is 0 Å². The first-order valence-electron chi connectivity index (χ1n) is 7.68. The Hall–Kier alpha value is -1.87. The van der Waals surface area contributed by atoms with Crippen LogP contribution in [-0.2, 0) is 16.0 Å². The average Bonchev–Trinajstić information content (AvgIpc) is 2.77. The minimum absolute atomic E-state index is 0.252. The number of carbonyl (C=O) groups is 1. The van der Waals surface area contributed by atoms with Crippen molar-refractivity contribution in [1.82, 2.24) is 4.90 Å². The van der Waals surface area contributed by atoms with Crippen molar-refractivity contribution in [3.05, 3.63) is 48.0 Å². The Balaban J connectivity index is 1.61. The minimum Gasteiger partial charge on any atom is -0.377 e. The second-order valence-electron chi connectivity index (χ2n) is 6.04. The van der Waals surface area contributed by atoms with Gasteiger partial charge in [-0.05, 0) is 29.2 Å². The maximum atomic E-state index is 12.7. The van der Waals surface area contributed by atoms with E-state index in [1.807, 2.05) is 18.2 Å². The van der Waals surface area contributed by atoms with Crippen LogP contribution >= 0.6 is 0 Å². The summed E-state index contributed by atoms with van der Waals surface area (Å²) in [5.41, 5.74) is 1.13. The second-order valence-corrected chi connectivity index (χ2v) is 6.04. The number of fused-ring (bicyclic) bond motifs is 3. The molecule has 3 heteroatoms. The smallest absolute Gasteiger partial charge is 0.227 e. The van der Waals surface area contributed by atoms with Gasteiger partial charge in [0.05, 0.1) is 31.7 Å². The number of benzene rings is 2. The highest BCUT2D eigenvalue weighted by Gasteiger charge is 2.40. The highest BCUT2D eigenvalue weighted by Crippen LogP contribution is 2.30. The SMILES string of the molecule is O=C(Cc1cccc2ccccc12)N1[C@@H]2CC[C@H]1COC2. The summed E-state index contributed by atoms with van der Waals surface area (Å²) in [5.74, 6) is 0.252. The monoisotopic (exact) mass is 281 g/mol. The Bertz CT molecular complexity index is 660. The van der Waals surface area contributed by atoms with Crippen LogP contribution in [0.25, 0.3) is 10.8 Å². The molecule has 4 rings (SSSR count). The van der Waals surface area contributed by atoms with Crippen LogP contribution < -0.4 is 0 Å². The largest absolute Gasteiger partial charge is 0.377 e. The van der Waals surface area contributed by atoms with Crippen molar-refractivity contribution in [3.8, 4) is 0 Å². The second kappa shape index (κ2) is 5.15. The summed E-state index contributed by atoms with van der Waals surface area (Å²) in [4.78, 5) is 14.8. The molecule has 2 bridgehead atoms. The van der Waals surface area contributed by atoms with E-state index >= 15 is 0 Å². The van der Waals surface area contributed by atoms with Crippen molar-refractivity contribution >= 4 is 16.7 Å². The summed E-state index contributed by atoms with van der Waals surface area (Å²) in [6.07, 6.45) is 2.67. The van der Waals surface area contributed by atoms with Crippen molar-refractivity contribution < 1.29 is 9.53 Å². The number of amides is 1. The Morgan fingerprint density at radius 3 is 2.57 bits per heavy atom. The Morgan fingerprint density at radius 1 is 1.05 bits per heavy atom. The number of hydrogen-bond acceptors (Lipinski definition) is 2. The lowest BCUT2D eigenvalue weighted by Crippen LogP contribution is -2.49. The molecule has 1 amide bonds. The highest BCUT2D eigenvalue weighted by molar-refractivity contribution is 5.90. The molecule has 108 valence electrons. The molecule has 2 aromatic carbocycles. The van der Waals surface area contributed by atoms with Crippen molar-refractivity contribution in [2.24, 2.45) is 0 Å². The first kappa shape index (κ1) is 12.8. The van der Waals surface area contributed by atoms with Gasteiger partial charge in [0.1, 0.15) is 0 Å². The summed E-state index contributed by atoms with van der Waals surface area (Å²) in [6, 6.07) is 15.1. The number of morpholine rings is 1. The summed E-state index contributed by atoms with van der Waals surface area (Å²) >= 11 is 0. The number of hydrogen-bond donors (Lipinski definition) is 0. The van der Waals surface area contributed by atoms with E-state index in [1.54, 1.807) is 0 Å². The zero-order valence-electron chi connectivity index (χ0n) is 12.0. The number of ether oxygens (including phenoxy) is 1. The predicted molar refractivity (Wildman–Crippen MR) is 82.1 cm³/mol. The van der Waals surface area contributed by atoms with Crippen LogP contribution in [0.15, 0.2) is 42.5 Å². The third kappa shape index (κ3) is 2.22. The molecule has 0 unspecified atom stereocenters. The zero-order chi connectivity index (χ0) is 14.2. The van der Waals surface area contributed by atoms with E-state index in [0.717, 1.165) is 18.4 Å². The van der Waals surface area contributed by atoms with Gasteiger partial charge in [0.2, 0.25) is 5.91 Å². The fourth-order valence-electron chi connectivity index (χ4n) is 3.74. The third-order valence-electron chi connectivity index (χ3n) is 4.75. The molecule has 2 saturated heterocycles. The van der Waals surface area contributed by atoms with Crippen molar-refractivity contribution in [1.29, 1.82) is 0 Å². The number of nitrogens with zero attached hydrogens (tertiary/aromatic N) is 1. The zero-order valence-corrected chi connectivity index (χ0v) is 12.0. The fraction of sp³-hybridized carbons (Fsp3) is 0.389. The molecule has 0 N–H and O–H groups in total. The lowest BCUT2D eigenvalue weighted by molar-refractivity contribution is -0.140. The molecule has 2 atom stereocenters. The molecule has 3 nitrogen and oxygen atoms in total. The van der Waals surface area contributed by atoms with Gasteiger partial charge in [-0.1, -0.05) is 42.5 Å². The molecule has 0 saturated carbocycles. The first-order valence-corrected chi connectivity index (χ1v) is 7.68. The molecular formula is C18H19NO2. The molecule has 2 heterocycles. The van der Waals surface area contributed by atoms with Gasteiger partial charge in [0, 0.05) is 0 Å². The van der Waals surface area contributed by atoms with Crippen molar-refractivity contribution in [2.75, 3.05) is 13.2 Å². The van der Waals surface area contributed by atoms with Crippen LogP contribution in [0, 0.1) is 0 Å². The average molecular weight is 281 g/mol. The lowest BCUT2D eigenvalue weighted by atomic mass is 10.0. The van der Waals surface area contributed by atoms with Crippen LogP contribution in [0.2, 0.25) is 0 Å². The van der Waals surface area contributed by atoms with E-state index in [4.69, 9.17) is 4.74 Å². The molecule has 2 fully saturated rings. The number of rotatable bonds is 2. The number of carbonyl (C=O) groups excluding carboxylic acids is 1. The Morgan fingerprint density at radius 2 is 1.76 bits per heavy atom. The van der Waals surface area contributed by atoms with Crippen LogP contribution in [0.3, 0.4) is 0 Å². The van der Waals surface area contributed by atoms with E-state index in [0.29, 0.717) is 31.7 Å².